The molecule has 0 aliphatic heterocycles. The first-order chi connectivity index (χ1) is 8.00. The lowest BCUT2D eigenvalue weighted by atomic mass is 10.1. The maximum absolute atomic E-state index is 9.78. The standard InChI is InChI=1S/C12H12N4O/c1-12(2,17)11-8-16(15-14-11)10-5-3-4-9(6-10)7-13/h3-6,8,17H,1-2H3. The van der Waals surface area contributed by atoms with Crippen molar-refractivity contribution in [3.63, 3.8) is 0 Å². The van der Waals surface area contributed by atoms with E-state index >= 15 is 0 Å². The Kier molecular flexibility index (Phi) is 2.66. The van der Waals surface area contributed by atoms with E-state index in [2.05, 4.69) is 16.4 Å². The molecular formula is C12H12N4O. The fourth-order valence-corrected chi connectivity index (χ4v) is 1.39. The molecule has 1 aromatic carbocycles. The van der Waals surface area contributed by atoms with E-state index in [4.69, 9.17) is 5.26 Å². The number of hydrogen-bond donors (Lipinski definition) is 1. The maximum Gasteiger partial charge on any atom is 0.114 e. The van der Waals surface area contributed by atoms with Crippen molar-refractivity contribution in [2.24, 2.45) is 0 Å². The van der Waals surface area contributed by atoms with Crippen LogP contribution in [0.25, 0.3) is 5.69 Å². The summed E-state index contributed by atoms with van der Waals surface area (Å²) in [5, 5.41) is 26.4. The summed E-state index contributed by atoms with van der Waals surface area (Å²) < 4.78 is 1.54. The molecule has 0 radical (unpaired) electrons. The zero-order chi connectivity index (χ0) is 12.5. The normalized spacial score (nSPS) is 11.2. The third-order valence-electron chi connectivity index (χ3n) is 2.36. The number of aliphatic hydroxyl groups is 1. The summed E-state index contributed by atoms with van der Waals surface area (Å²) in [6.45, 7) is 3.29. The molecule has 0 aliphatic rings. The number of aromatic nitrogens is 3. The smallest absolute Gasteiger partial charge is 0.114 e. The number of rotatable bonds is 2. The lowest BCUT2D eigenvalue weighted by molar-refractivity contribution is 0.0737. The van der Waals surface area contributed by atoms with Crippen molar-refractivity contribution >= 4 is 0 Å². The Labute approximate surface area is 98.9 Å². The Morgan fingerprint density at radius 3 is 2.76 bits per heavy atom. The Bertz CT molecular complexity index is 575. The summed E-state index contributed by atoms with van der Waals surface area (Å²) in [5.41, 5.74) is 0.764. The van der Waals surface area contributed by atoms with E-state index in [0.29, 0.717) is 11.3 Å². The minimum Gasteiger partial charge on any atom is -0.384 e. The molecule has 0 bridgehead atoms. The molecule has 0 unspecified atom stereocenters. The quantitative estimate of drug-likeness (QED) is 0.842. The summed E-state index contributed by atoms with van der Waals surface area (Å²) in [6, 6.07) is 9.09. The van der Waals surface area contributed by atoms with Gasteiger partial charge in [0.2, 0.25) is 0 Å². The Balaban J connectivity index is 2.41. The van der Waals surface area contributed by atoms with Crippen LogP contribution < -0.4 is 0 Å². The number of nitrogens with zero attached hydrogens (tertiary/aromatic N) is 4. The predicted molar refractivity (Wildman–Crippen MR) is 61.3 cm³/mol. The van der Waals surface area contributed by atoms with Gasteiger partial charge < -0.3 is 5.11 Å². The van der Waals surface area contributed by atoms with Gasteiger partial charge in [-0.15, -0.1) is 5.10 Å². The average Bonchev–Trinajstić information content (AvgIpc) is 2.78. The van der Waals surface area contributed by atoms with Gasteiger partial charge in [-0.05, 0) is 32.0 Å². The van der Waals surface area contributed by atoms with Crippen molar-refractivity contribution in [2.45, 2.75) is 19.4 Å². The third kappa shape index (κ3) is 2.32. The van der Waals surface area contributed by atoms with E-state index in [0.717, 1.165) is 5.69 Å². The Morgan fingerprint density at radius 2 is 2.18 bits per heavy atom. The van der Waals surface area contributed by atoms with Gasteiger partial charge in [0.15, 0.2) is 0 Å². The minimum atomic E-state index is -1.02. The van der Waals surface area contributed by atoms with Gasteiger partial charge in [0.1, 0.15) is 11.3 Å². The van der Waals surface area contributed by atoms with Gasteiger partial charge in [0.25, 0.3) is 0 Å². The van der Waals surface area contributed by atoms with Crippen LogP contribution in [0, 0.1) is 11.3 Å². The van der Waals surface area contributed by atoms with Gasteiger partial charge in [-0.25, -0.2) is 4.68 Å². The molecule has 0 saturated heterocycles. The van der Waals surface area contributed by atoms with E-state index in [1.165, 1.54) is 4.68 Å². The van der Waals surface area contributed by atoms with Crippen LogP contribution in [-0.4, -0.2) is 20.1 Å². The zero-order valence-electron chi connectivity index (χ0n) is 9.62. The summed E-state index contributed by atoms with van der Waals surface area (Å²) >= 11 is 0. The summed E-state index contributed by atoms with van der Waals surface area (Å²) in [4.78, 5) is 0. The van der Waals surface area contributed by atoms with Gasteiger partial charge in [-0.2, -0.15) is 5.26 Å². The predicted octanol–water partition coefficient (Wildman–Crippen LogP) is 1.37. The molecule has 1 heterocycles. The number of hydrogen-bond acceptors (Lipinski definition) is 4. The Hall–Kier alpha value is -2.19. The lowest BCUT2D eigenvalue weighted by Crippen LogP contribution is -2.15. The van der Waals surface area contributed by atoms with Crippen molar-refractivity contribution in [1.29, 1.82) is 5.26 Å². The monoisotopic (exact) mass is 228 g/mol. The third-order valence-corrected chi connectivity index (χ3v) is 2.36. The second-order valence-electron chi connectivity index (χ2n) is 4.27. The second-order valence-corrected chi connectivity index (χ2v) is 4.27. The van der Waals surface area contributed by atoms with Gasteiger partial charge in [-0.3, -0.25) is 0 Å². The lowest BCUT2D eigenvalue weighted by Gasteiger charge is -2.11. The highest BCUT2D eigenvalue weighted by atomic mass is 16.3. The van der Waals surface area contributed by atoms with Crippen LogP contribution in [0.4, 0.5) is 0 Å². The first-order valence-corrected chi connectivity index (χ1v) is 5.16. The van der Waals surface area contributed by atoms with E-state index in [1.807, 2.05) is 6.07 Å². The largest absolute Gasteiger partial charge is 0.384 e. The molecule has 0 atom stereocenters. The first-order valence-electron chi connectivity index (χ1n) is 5.16. The van der Waals surface area contributed by atoms with Gasteiger partial charge in [0.05, 0.1) is 23.5 Å². The summed E-state index contributed by atoms with van der Waals surface area (Å²) in [6.07, 6.45) is 1.65. The van der Waals surface area contributed by atoms with E-state index < -0.39 is 5.60 Å². The topological polar surface area (TPSA) is 74.7 Å². The van der Waals surface area contributed by atoms with E-state index in [9.17, 15) is 5.11 Å². The average molecular weight is 228 g/mol. The van der Waals surface area contributed by atoms with Crippen LogP contribution in [0.5, 0.6) is 0 Å². The molecule has 2 aromatic rings. The SMILES string of the molecule is CC(C)(O)c1cn(-c2cccc(C#N)c2)nn1. The van der Waals surface area contributed by atoms with Crippen molar-refractivity contribution < 1.29 is 5.11 Å². The molecule has 5 heteroatoms. The van der Waals surface area contributed by atoms with E-state index in [1.54, 1.807) is 38.2 Å². The van der Waals surface area contributed by atoms with Gasteiger partial charge in [0, 0.05) is 0 Å². The van der Waals surface area contributed by atoms with Gasteiger partial charge in [-0.1, -0.05) is 11.3 Å². The van der Waals surface area contributed by atoms with Crippen LogP contribution >= 0.6 is 0 Å². The summed E-state index contributed by atoms with van der Waals surface area (Å²) in [7, 11) is 0. The van der Waals surface area contributed by atoms with Crippen molar-refractivity contribution in [2.75, 3.05) is 0 Å². The molecule has 0 aliphatic carbocycles. The van der Waals surface area contributed by atoms with Crippen LogP contribution in [0.2, 0.25) is 0 Å². The molecule has 1 N–H and O–H groups in total. The van der Waals surface area contributed by atoms with Crippen molar-refractivity contribution in [3.8, 4) is 11.8 Å². The molecular weight excluding hydrogens is 216 g/mol. The molecule has 17 heavy (non-hydrogen) atoms. The molecule has 2 rings (SSSR count). The maximum atomic E-state index is 9.78. The summed E-state index contributed by atoms with van der Waals surface area (Å²) in [5.74, 6) is 0. The molecule has 0 amide bonds. The number of nitriles is 1. The molecule has 86 valence electrons. The highest BCUT2D eigenvalue weighted by molar-refractivity contribution is 5.40. The molecule has 0 saturated carbocycles. The van der Waals surface area contributed by atoms with Gasteiger partial charge >= 0.3 is 0 Å². The van der Waals surface area contributed by atoms with Crippen LogP contribution in [-0.2, 0) is 5.60 Å². The fourth-order valence-electron chi connectivity index (χ4n) is 1.39. The minimum absolute atomic E-state index is 0.486. The zero-order valence-corrected chi connectivity index (χ0v) is 9.62. The van der Waals surface area contributed by atoms with Crippen molar-refractivity contribution in [3.05, 3.63) is 41.7 Å². The molecule has 5 nitrogen and oxygen atoms in total. The van der Waals surface area contributed by atoms with E-state index in [-0.39, 0.29) is 0 Å². The highest BCUT2D eigenvalue weighted by Gasteiger charge is 2.20. The Morgan fingerprint density at radius 1 is 1.41 bits per heavy atom. The molecule has 1 aromatic heterocycles. The second kappa shape index (κ2) is 4.00. The van der Waals surface area contributed by atoms with Crippen LogP contribution in [0.3, 0.4) is 0 Å². The molecule has 0 spiro atoms. The van der Waals surface area contributed by atoms with Crippen LogP contribution in [0.1, 0.15) is 25.1 Å². The molecule has 0 fully saturated rings. The fraction of sp³-hybridized carbons (Fsp3) is 0.250. The highest BCUT2D eigenvalue weighted by Crippen LogP contribution is 2.17. The number of benzene rings is 1. The van der Waals surface area contributed by atoms with Crippen LogP contribution in [0.15, 0.2) is 30.5 Å². The first kappa shape index (κ1) is 11.3. The van der Waals surface area contributed by atoms with Crippen molar-refractivity contribution in [1.82, 2.24) is 15.0 Å².